The number of aromatic nitrogens is 2. The van der Waals surface area contributed by atoms with Crippen LogP contribution in [0.25, 0.3) is 11.0 Å². The van der Waals surface area contributed by atoms with Gasteiger partial charge in [0.2, 0.25) is 5.91 Å². The highest BCUT2D eigenvalue weighted by molar-refractivity contribution is 5.76. The van der Waals surface area contributed by atoms with Gasteiger partial charge in [0.05, 0.1) is 11.0 Å². The molecule has 1 heterocycles. The van der Waals surface area contributed by atoms with E-state index in [9.17, 15) is 9.59 Å². The molecule has 0 radical (unpaired) electrons. The average molecular weight is 337 g/mol. The van der Waals surface area contributed by atoms with Crippen molar-refractivity contribution in [3.05, 3.63) is 70.1 Å². The second kappa shape index (κ2) is 7.83. The predicted molar refractivity (Wildman–Crippen MR) is 99.7 cm³/mol. The zero-order valence-corrected chi connectivity index (χ0v) is 14.4. The van der Waals surface area contributed by atoms with E-state index in [1.165, 1.54) is 11.1 Å². The summed E-state index contributed by atoms with van der Waals surface area (Å²) < 4.78 is 1.65. The summed E-state index contributed by atoms with van der Waals surface area (Å²) >= 11 is 0. The van der Waals surface area contributed by atoms with Crippen LogP contribution in [0.1, 0.15) is 24.5 Å². The number of fused-ring (bicyclic) bond motifs is 1. The minimum Gasteiger partial charge on any atom is -0.354 e. The van der Waals surface area contributed by atoms with Crippen molar-refractivity contribution in [3.63, 3.8) is 0 Å². The molecule has 0 aliphatic carbocycles. The van der Waals surface area contributed by atoms with Crippen LogP contribution in [0.4, 0.5) is 0 Å². The molecule has 0 saturated carbocycles. The van der Waals surface area contributed by atoms with Crippen LogP contribution in [0, 0.1) is 0 Å². The number of nitrogens with one attached hydrogen (secondary N) is 2. The van der Waals surface area contributed by atoms with Crippen LogP contribution in [-0.4, -0.2) is 22.0 Å². The van der Waals surface area contributed by atoms with Crippen molar-refractivity contribution in [2.45, 2.75) is 32.7 Å². The number of imidazole rings is 1. The Morgan fingerprint density at radius 1 is 1.08 bits per heavy atom. The average Bonchev–Trinajstić information content (AvgIpc) is 2.96. The van der Waals surface area contributed by atoms with Crippen molar-refractivity contribution >= 4 is 16.9 Å². The molecule has 1 aromatic heterocycles. The van der Waals surface area contributed by atoms with Gasteiger partial charge in [0.15, 0.2) is 0 Å². The molecule has 0 fully saturated rings. The Morgan fingerprint density at radius 2 is 1.80 bits per heavy atom. The molecular weight excluding hydrogens is 314 g/mol. The molecule has 0 unspecified atom stereocenters. The SMILES string of the molecule is CCc1ccc(CCC(=O)NCCn2c(=O)[nH]c3ccccc32)cc1. The van der Waals surface area contributed by atoms with Crippen molar-refractivity contribution < 1.29 is 4.79 Å². The van der Waals surface area contributed by atoms with E-state index in [0.29, 0.717) is 19.5 Å². The third kappa shape index (κ3) is 4.18. The van der Waals surface area contributed by atoms with Gasteiger partial charge >= 0.3 is 5.69 Å². The Hall–Kier alpha value is -2.82. The third-order valence-electron chi connectivity index (χ3n) is 4.41. The number of rotatable bonds is 7. The first kappa shape index (κ1) is 17.0. The maximum absolute atomic E-state index is 12.0. The first-order chi connectivity index (χ1) is 12.2. The number of H-pyrrole nitrogens is 1. The smallest absolute Gasteiger partial charge is 0.326 e. The summed E-state index contributed by atoms with van der Waals surface area (Å²) in [6, 6.07) is 15.9. The first-order valence-corrected chi connectivity index (χ1v) is 8.69. The van der Waals surface area contributed by atoms with Crippen LogP contribution < -0.4 is 11.0 Å². The van der Waals surface area contributed by atoms with Gasteiger partial charge in [-0.2, -0.15) is 0 Å². The molecular formula is C20H23N3O2. The number of amides is 1. The van der Waals surface area contributed by atoms with E-state index in [2.05, 4.69) is 41.5 Å². The highest BCUT2D eigenvalue weighted by Gasteiger charge is 2.07. The monoisotopic (exact) mass is 337 g/mol. The van der Waals surface area contributed by atoms with Gasteiger partial charge in [-0.1, -0.05) is 43.3 Å². The quantitative estimate of drug-likeness (QED) is 0.696. The number of aryl methyl sites for hydroxylation is 2. The van der Waals surface area contributed by atoms with Gasteiger partial charge in [-0.15, -0.1) is 0 Å². The van der Waals surface area contributed by atoms with Gasteiger partial charge in [-0.25, -0.2) is 4.79 Å². The minimum absolute atomic E-state index is 0.00691. The van der Waals surface area contributed by atoms with Crippen LogP contribution in [0.5, 0.6) is 0 Å². The molecule has 0 aliphatic heterocycles. The lowest BCUT2D eigenvalue weighted by Gasteiger charge is -2.07. The lowest BCUT2D eigenvalue weighted by molar-refractivity contribution is -0.121. The Balaban J connectivity index is 1.49. The fraction of sp³-hybridized carbons (Fsp3) is 0.300. The first-order valence-electron chi connectivity index (χ1n) is 8.69. The molecule has 1 amide bonds. The highest BCUT2D eigenvalue weighted by Crippen LogP contribution is 2.09. The maximum atomic E-state index is 12.0. The Morgan fingerprint density at radius 3 is 2.56 bits per heavy atom. The summed E-state index contributed by atoms with van der Waals surface area (Å²) in [6.45, 7) is 3.02. The second-order valence-electron chi connectivity index (χ2n) is 6.12. The largest absolute Gasteiger partial charge is 0.354 e. The Bertz CT molecular complexity index is 907. The molecule has 0 atom stereocenters. The van der Waals surface area contributed by atoms with Crippen LogP contribution in [0.2, 0.25) is 0 Å². The Kier molecular flexibility index (Phi) is 5.33. The van der Waals surface area contributed by atoms with E-state index in [4.69, 9.17) is 0 Å². The molecule has 0 saturated heterocycles. The minimum atomic E-state index is -0.147. The molecule has 2 aromatic carbocycles. The molecule has 25 heavy (non-hydrogen) atoms. The molecule has 3 aromatic rings. The van der Waals surface area contributed by atoms with Gasteiger partial charge in [0, 0.05) is 19.5 Å². The molecule has 5 heteroatoms. The number of carbonyl (C=O) groups is 1. The van der Waals surface area contributed by atoms with E-state index < -0.39 is 0 Å². The molecule has 2 N–H and O–H groups in total. The Labute approximate surface area is 146 Å². The van der Waals surface area contributed by atoms with Crippen molar-refractivity contribution in [2.75, 3.05) is 6.54 Å². The molecule has 130 valence electrons. The molecule has 0 aliphatic rings. The number of carbonyl (C=O) groups excluding carboxylic acids is 1. The molecule has 3 rings (SSSR count). The van der Waals surface area contributed by atoms with Gasteiger partial charge in [-0.3, -0.25) is 9.36 Å². The van der Waals surface area contributed by atoms with Crippen molar-refractivity contribution in [1.82, 2.24) is 14.9 Å². The van der Waals surface area contributed by atoms with Crippen LogP contribution in [0.3, 0.4) is 0 Å². The normalized spacial score (nSPS) is 10.9. The second-order valence-corrected chi connectivity index (χ2v) is 6.12. The van der Waals surface area contributed by atoms with Crippen LogP contribution in [0.15, 0.2) is 53.3 Å². The standard InChI is InChI=1S/C20H23N3O2/c1-2-15-7-9-16(10-8-15)11-12-19(24)21-13-14-23-18-6-4-3-5-17(18)22-20(23)25/h3-10H,2,11-14H2,1H3,(H,21,24)(H,22,25). The topological polar surface area (TPSA) is 66.9 Å². The van der Waals surface area contributed by atoms with E-state index in [1.807, 2.05) is 24.3 Å². The number of hydrogen-bond acceptors (Lipinski definition) is 2. The maximum Gasteiger partial charge on any atom is 0.326 e. The van der Waals surface area contributed by atoms with Crippen molar-refractivity contribution in [1.29, 1.82) is 0 Å². The van der Waals surface area contributed by atoms with Gasteiger partial charge in [-0.05, 0) is 36.1 Å². The van der Waals surface area contributed by atoms with E-state index in [1.54, 1.807) is 4.57 Å². The van der Waals surface area contributed by atoms with Crippen LogP contribution in [-0.2, 0) is 24.2 Å². The van der Waals surface area contributed by atoms with E-state index >= 15 is 0 Å². The van der Waals surface area contributed by atoms with Gasteiger partial charge in [0.25, 0.3) is 0 Å². The summed E-state index contributed by atoms with van der Waals surface area (Å²) in [5, 5.41) is 2.89. The zero-order chi connectivity index (χ0) is 17.6. The number of hydrogen-bond donors (Lipinski definition) is 2. The predicted octanol–water partition coefficient (Wildman–Crippen LogP) is 2.64. The van der Waals surface area contributed by atoms with Crippen molar-refractivity contribution in [3.8, 4) is 0 Å². The fourth-order valence-electron chi connectivity index (χ4n) is 2.92. The van der Waals surface area contributed by atoms with Gasteiger partial charge < -0.3 is 10.3 Å². The van der Waals surface area contributed by atoms with Crippen LogP contribution >= 0.6 is 0 Å². The molecule has 0 spiro atoms. The lowest BCUT2D eigenvalue weighted by Crippen LogP contribution is -2.30. The molecule has 5 nitrogen and oxygen atoms in total. The summed E-state index contributed by atoms with van der Waals surface area (Å²) in [7, 11) is 0. The highest BCUT2D eigenvalue weighted by atomic mass is 16.2. The number of aromatic amines is 1. The fourth-order valence-corrected chi connectivity index (χ4v) is 2.92. The molecule has 0 bridgehead atoms. The summed E-state index contributed by atoms with van der Waals surface area (Å²) in [6.07, 6.45) is 2.20. The van der Waals surface area contributed by atoms with Gasteiger partial charge in [0.1, 0.15) is 0 Å². The third-order valence-corrected chi connectivity index (χ3v) is 4.41. The van der Waals surface area contributed by atoms with E-state index in [0.717, 1.165) is 23.9 Å². The summed E-state index contributed by atoms with van der Waals surface area (Å²) in [4.78, 5) is 26.8. The van der Waals surface area contributed by atoms with Crippen molar-refractivity contribution in [2.24, 2.45) is 0 Å². The van der Waals surface area contributed by atoms with E-state index in [-0.39, 0.29) is 11.6 Å². The number of benzene rings is 2. The zero-order valence-electron chi connectivity index (χ0n) is 14.4. The number of para-hydroxylation sites is 2. The number of nitrogens with zero attached hydrogens (tertiary/aromatic N) is 1. The lowest BCUT2D eigenvalue weighted by atomic mass is 10.1. The summed E-state index contributed by atoms with van der Waals surface area (Å²) in [5.41, 5.74) is 4.00. The summed E-state index contributed by atoms with van der Waals surface area (Å²) in [5.74, 6) is 0.00691.